The molecular formula is C22H21N5O. The molecule has 140 valence electrons. The number of para-hydroxylation sites is 1. The van der Waals surface area contributed by atoms with Gasteiger partial charge in [-0.05, 0) is 37.1 Å². The normalized spacial score (nSPS) is 15.0. The van der Waals surface area contributed by atoms with Gasteiger partial charge in [-0.3, -0.25) is 0 Å². The van der Waals surface area contributed by atoms with Crippen LogP contribution in [0.25, 0.3) is 34.1 Å². The Labute approximate surface area is 163 Å². The molecule has 1 aliphatic rings. The molecule has 0 amide bonds. The van der Waals surface area contributed by atoms with Gasteiger partial charge >= 0.3 is 0 Å². The van der Waals surface area contributed by atoms with Gasteiger partial charge in [-0.2, -0.15) is 0 Å². The van der Waals surface area contributed by atoms with Crippen LogP contribution in [0.15, 0.2) is 59.0 Å². The number of benzene rings is 2. The number of anilines is 1. The van der Waals surface area contributed by atoms with E-state index in [1.54, 1.807) is 0 Å². The Morgan fingerprint density at radius 3 is 2.39 bits per heavy atom. The molecule has 28 heavy (non-hydrogen) atoms. The van der Waals surface area contributed by atoms with Crippen molar-refractivity contribution in [1.82, 2.24) is 20.2 Å². The topological polar surface area (TPSA) is 76.7 Å². The third kappa shape index (κ3) is 3.33. The molecule has 4 aromatic rings. The highest BCUT2D eigenvalue weighted by atomic mass is 16.4. The van der Waals surface area contributed by atoms with Crippen molar-refractivity contribution in [2.75, 3.05) is 5.32 Å². The summed E-state index contributed by atoms with van der Waals surface area (Å²) in [7, 11) is 0. The van der Waals surface area contributed by atoms with Gasteiger partial charge in [0, 0.05) is 17.0 Å². The van der Waals surface area contributed by atoms with Gasteiger partial charge in [-0.1, -0.05) is 49.6 Å². The summed E-state index contributed by atoms with van der Waals surface area (Å²) in [5.41, 5.74) is 1.74. The fourth-order valence-corrected chi connectivity index (χ4v) is 3.73. The van der Waals surface area contributed by atoms with E-state index in [0.29, 0.717) is 23.6 Å². The minimum atomic E-state index is 0.330. The molecule has 0 saturated heterocycles. The van der Waals surface area contributed by atoms with Gasteiger partial charge in [-0.15, -0.1) is 10.2 Å². The first-order valence-electron chi connectivity index (χ1n) is 9.79. The zero-order chi connectivity index (χ0) is 18.8. The maximum Gasteiger partial charge on any atom is 0.286 e. The second-order valence-electron chi connectivity index (χ2n) is 7.17. The smallest absolute Gasteiger partial charge is 0.286 e. The number of nitrogens with zero attached hydrogens (tertiary/aromatic N) is 4. The summed E-state index contributed by atoms with van der Waals surface area (Å²) in [6.07, 6.45) is 6.19. The standard InChI is InChI=1S/C22H21N5O/c1-3-9-15(10-4-1)21-26-27-22(28-21)20-24-18-14-8-7-13-17(18)19(25-20)23-16-11-5-2-6-12-16/h1,3-4,7-10,13-14,16H,2,5-6,11-12H2,(H,23,24,25). The number of nitrogens with one attached hydrogen (secondary N) is 1. The monoisotopic (exact) mass is 371 g/mol. The Hall–Kier alpha value is -3.28. The summed E-state index contributed by atoms with van der Waals surface area (Å²) in [5, 5.41) is 13.0. The van der Waals surface area contributed by atoms with E-state index in [4.69, 9.17) is 9.40 Å². The Morgan fingerprint density at radius 2 is 1.54 bits per heavy atom. The van der Waals surface area contributed by atoms with Crippen molar-refractivity contribution in [3.05, 3.63) is 54.6 Å². The van der Waals surface area contributed by atoms with Crippen molar-refractivity contribution in [1.29, 1.82) is 0 Å². The number of fused-ring (bicyclic) bond motifs is 1. The Balaban J connectivity index is 1.54. The van der Waals surface area contributed by atoms with Crippen LogP contribution in [0.4, 0.5) is 5.82 Å². The molecule has 0 radical (unpaired) electrons. The van der Waals surface area contributed by atoms with Crippen LogP contribution >= 0.6 is 0 Å². The van der Waals surface area contributed by atoms with E-state index in [2.05, 4.69) is 20.5 Å². The first-order valence-corrected chi connectivity index (χ1v) is 9.79. The van der Waals surface area contributed by atoms with Crippen LogP contribution in [0.3, 0.4) is 0 Å². The maximum absolute atomic E-state index is 5.87. The van der Waals surface area contributed by atoms with Gasteiger partial charge < -0.3 is 9.73 Å². The second-order valence-corrected chi connectivity index (χ2v) is 7.17. The summed E-state index contributed by atoms with van der Waals surface area (Å²) >= 11 is 0. The molecular weight excluding hydrogens is 350 g/mol. The van der Waals surface area contributed by atoms with E-state index in [1.165, 1.54) is 32.1 Å². The third-order valence-electron chi connectivity index (χ3n) is 5.19. The fourth-order valence-electron chi connectivity index (χ4n) is 3.73. The summed E-state index contributed by atoms with van der Waals surface area (Å²) in [6.45, 7) is 0. The van der Waals surface area contributed by atoms with Crippen molar-refractivity contribution >= 4 is 16.7 Å². The van der Waals surface area contributed by atoms with Crippen molar-refractivity contribution in [3.8, 4) is 23.2 Å². The minimum absolute atomic E-state index is 0.330. The molecule has 1 fully saturated rings. The summed E-state index contributed by atoms with van der Waals surface area (Å²) in [4.78, 5) is 9.41. The number of rotatable bonds is 4. The highest BCUT2D eigenvalue weighted by Gasteiger charge is 2.19. The number of hydrogen-bond acceptors (Lipinski definition) is 6. The van der Waals surface area contributed by atoms with Crippen LogP contribution in [0.5, 0.6) is 0 Å². The maximum atomic E-state index is 5.87. The van der Waals surface area contributed by atoms with Crippen LogP contribution in [0.2, 0.25) is 0 Å². The predicted octanol–water partition coefficient (Wildman–Crippen LogP) is 5.09. The number of aromatic nitrogens is 4. The molecule has 1 saturated carbocycles. The summed E-state index contributed by atoms with van der Waals surface area (Å²) in [5.74, 6) is 2.09. The van der Waals surface area contributed by atoms with Crippen LogP contribution < -0.4 is 5.32 Å². The fraction of sp³-hybridized carbons (Fsp3) is 0.273. The molecule has 2 aromatic heterocycles. The van der Waals surface area contributed by atoms with Gasteiger partial charge in [0.05, 0.1) is 5.52 Å². The van der Waals surface area contributed by atoms with Gasteiger partial charge in [0.25, 0.3) is 5.89 Å². The summed E-state index contributed by atoms with van der Waals surface area (Å²) < 4.78 is 5.87. The van der Waals surface area contributed by atoms with Gasteiger partial charge in [0.15, 0.2) is 0 Å². The average Bonchev–Trinajstić information content (AvgIpc) is 3.25. The highest BCUT2D eigenvalue weighted by Crippen LogP contribution is 2.28. The van der Waals surface area contributed by atoms with E-state index in [0.717, 1.165) is 22.3 Å². The molecule has 0 atom stereocenters. The number of hydrogen-bond donors (Lipinski definition) is 1. The second kappa shape index (κ2) is 7.38. The molecule has 0 aliphatic heterocycles. The van der Waals surface area contributed by atoms with E-state index in [1.807, 2.05) is 54.6 Å². The average molecular weight is 371 g/mol. The SMILES string of the molecule is c1ccc(-c2nnc(-c3nc(NC4CCCCC4)c4ccccc4n3)o2)cc1. The molecule has 0 unspecified atom stereocenters. The Morgan fingerprint density at radius 1 is 0.786 bits per heavy atom. The van der Waals surface area contributed by atoms with Crippen LogP contribution in [0.1, 0.15) is 32.1 Å². The highest BCUT2D eigenvalue weighted by molar-refractivity contribution is 5.90. The molecule has 0 bridgehead atoms. The molecule has 1 aliphatic carbocycles. The van der Waals surface area contributed by atoms with Gasteiger partial charge in [0.1, 0.15) is 5.82 Å². The molecule has 1 N–H and O–H groups in total. The van der Waals surface area contributed by atoms with Crippen LogP contribution in [-0.4, -0.2) is 26.2 Å². The van der Waals surface area contributed by atoms with Crippen molar-refractivity contribution in [2.24, 2.45) is 0 Å². The van der Waals surface area contributed by atoms with E-state index < -0.39 is 0 Å². The van der Waals surface area contributed by atoms with E-state index in [9.17, 15) is 0 Å². The van der Waals surface area contributed by atoms with E-state index >= 15 is 0 Å². The first-order chi connectivity index (χ1) is 13.9. The zero-order valence-electron chi connectivity index (χ0n) is 15.5. The molecule has 0 spiro atoms. The Kier molecular flexibility index (Phi) is 4.45. The lowest BCUT2D eigenvalue weighted by atomic mass is 9.95. The molecule has 6 nitrogen and oxygen atoms in total. The molecule has 5 rings (SSSR count). The largest absolute Gasteiger partial charge is 0.413 e. The lowest BCUT2D eigenvalue weighted by Gasteiger charge is -2.24. The Bertz CT molecular complexity index is 1090. The molecule has 6 heteroatoms. The summed E-state index contributed by atoms with van der Waals surface area (Å²) in [6, 6.07) is 18.2. The first kappa shape index (κ1) is 16.9. The van der Waals surface area contributed by atoms with E-state index in [-0.39, 0.29) is 0 Å². The lowest BCUT2D eigenvalue weighted by molar-refractivity contribution is 0.462. The molecule has 2 aromatic carbocycles. The minimum Gasteiger partial charge on any atom is -0.413 e. The van der Waals surface area contributed by atoms with Crippen molar-refractivity contribution in [2.45, 2.75) is 38.1 Å². The van der Waals surface area contributed by atoms with Crippen LogP contribution in [-0.2, 0) is 0 Å². The van der Waals surface area contributed by atoms with Crippen molar-refractivity contribution in [3.63, 3.8) is 0 Å². The lowest BCUT2D eigenvalue weighted by Crippen LogP contribution is -2.23. The predicted molar refractivity (Wildman–Crippen MR) is 109 cm³/mol. The van der Waals surface area contributed by atoms with Crippen LogP contribution in [0, 0.1) is 0 Å². The quantitative estimate of drug-likeness (QED) is 0.538. The zero-order valence-corrected chi connectivity index (χ0v) is 15.5. The molecule has 2 heterocycles. The van der Waals surface area contributed by atoms with Crippen molar-refractivity contribution < 1.29 is 4.42 Å². The van der Waals surface area contributed by atoms with Gasteiger partial charge in [-0.25, -0.2) is 9.97 Å². The third-order valence-corrected chi connectivity index (χ3v) is 5.19. The van der Waals surface area contributed by atoms with Gasteiger partial charge in [0.2, 0.25) is 11.7 Å².